The summed E-state index contributed by atoms with van der Waals surface area (Å²) < 4.78 is 1.62. The van der Waals surface area contributed by atoms with Crippen LogP contribution in [-0.2, 0) is 6.54 Å². The van der Waals surface area contributed by atoms with Crippen LogP contribution in [0.5, 0.6) is 0 Å². The molecule has 0 bridgehead atoms. The van der Waals surface area contributed by atoms with Crippen molar-refractivity contribution in [3.8, 4) is 0 Å². The molecule has 0 spiro atoms. The average Bonchev–Trinajstić information content (AvgIpc) is 2.51. The number of rotatable bonds is 5. The van der Waals surface area contributed by atoms with Gasteiger partial charge in [-0.05, 0) is 38.1 Å². The molecule has 0 fully saturated rings. The molecule has 1 heterocycles. The molecule has 0 saturated heterocycles. The lowest BCUT2D eigenvalue weighted by Gasteiger charge is -2.30. The van der Waals surface area contributed by atoms with Crippen LogP contribution in [-0.4, -0.2) is 43.7 Å². The second kappa shape index (κ2) is 5.06. The van der Waals surface area contributed by atoms with Gasteiger partial charge in [-0.15, -0.1) is 0 Å². The molecule has 6 heteroatoms. The molecule has 0 aromatic carbocycles. The molecule has 1 aromatic rings. The molecule has 6 nitrogen and oxygen atoms in total. The molecule has 86 valence electrons. The maximum Gasteiger partial charge on any atom is 0.240 e. The highest BCUT2D eigenvalue weighted by Crippen LogP contribution is 2.05. The summed E-state index contributed by atoms with van der Waals surface area (Å²) in [6, 6.07) is 1.03. The Labute approximate surface area is 90.4 Å². The predicted molar refractivity (Wildman–Crippen MR) is 59.2 cm³/mol. The third-order valence-corrected chi connectivity index (χ3v) is 2.46. The summed E-state index contributed by atoms with van der Waals surface area (Å²) in [6.07, 6.45) is 0. The number of aromatic nitrogens is 4. The van der Waals surface area contributed by atoms with E-state index in [1.165, 1.54) is 0 Å². The molecule has 15 heavy (non-hydrogen) atoms. The van der Waals surface area contributed by atoms with Crippen LogP contribution in [0.2, 0.25) is 0 Å². The van der Waals surface area contributed by atoms with E-state index in [1.54, 1.807) is 4.68 Å². The summed E-state index contributed by atoms with van der Waals surface area (Å²) in [7, 11) is 0. The van der Waals surface area contributed by atoms with Gasteiger partial charge in [0.05, 0.1) is 6.54 Å². The van der Waals surface area contributed by atoms with Crippen LogP contribution < -0.4 is 5.73 Å². The summed E-state index contributed by atoms with van der Waals surface area (Å²) in [5.41, 5.74) is 5.59. The standard InChI is InChI=1S/C9H20N6/c1-7(2)14(8(3)4)5-6-15-9(10)11-12-13-15/h7-8H,5-6H2,1-4H3,(H2,10,11,13). The van der Waals surface area contributed by atoms with Gasteiger partial charge in [-0.2, -0.15) is 0 Å². The molecule has 1 rings (SSSR count). The summed E-state index contributed by atoms with van der Waals surface area (Å²) in [5.74, 6) is 0.377. The molecule has 0 saturated carbocycles. The minimum atomic E-state index is 0.377. The van der Waals surface area contributed by atoms with E-state index in [-0.39, 0.29) is 0 Å². The molecule has 0 aliphatic carbocycles. The van der Waals surface area contributed by atoms with Crippen LogP contribution in [0.1, 0.15) is 27.7 Å². The molecule has 2 N–H and O–H groups in total. The quantitative estimate of drug-likeness (QED) is 0.763. The first-order valence-electron chi connectivity index (χ1n) is 5.29. The number of tetrazole rings is 1. The summed E-state index contributed by atoms with van der Waals surface area (Å²) in [6.45, 7) is 10.4. The van der Waals surface area contributed by atoms with Crippen molar-refractivity contribution in [2.75, 3.05) is 12.3 Å². The van der Waals surface area contributed by atoms with Crippen LogP contribution in [0.3, 0.4) is 0 Å². The van der Waals surface area contributed by atoms with Crippen LogP contribution in [0.4, 0.5) is 5.95 Å². The van der Waals surface area contributed by atoms with Crippen LogP contribution in [0, 0.1) is 0 Å². The monoisotopic (exact) mass is 212 g/mol. The first-order chi connectivity index (χ1) is 7.02. The lowest BCUT2D eigenvalue weighted by molar-refractivity contribution is 0.166. The Hall–Kier alpha value is -1.17. The Morgan fingerprint density at radius 2 is 1.87 bits per heavy atom. The van der Waals surface area contributed by atoms with E-state index in [4.69, 9.17) is 5.73 Å². The molecule has 0 unspecified atom stereocenters. The van der Waals surface area contributed by atoms with E-state index in [0.29, 0.717) is 18.0 Å². The lowest BCUT2D eigenvalue weighted by Crippen LogP contribution is -2.39. The van der Waals surface area contributed by atoms with Gasteiger partial charge >= 0.3 is 0 Å². The van der Waals surface area contributed by atoms with Crippen molar-refractivity contribution in [2.45, 2.75) is 46.3 Å². The number of hydrogen-bond acceptors (Lipinski definition) is 5. The van der Waals surface area contributed by atoms with Crippen molar-refractivity contribution in [1.29, 1.82) is 0 Å². The van der Waals surface area contributed by atoms with E-state index < -0.39 is 0 Å². The number of nitrogens with two attached hydrogens (primary N) is 1. The first-order valence-corrected chi connectivity index (χ1v) is 5.29. The number of nitrogen functional groups attached to an aromatic ring is 1. The van der Waals surface area contributed by atoms with Gasteiger partial charge in [0, 0.05) is 18.6 Å². The maximum absolute atomic E-state index is 5.59. The second-order valence-electron chi connectivity index (χ2n) is 4.19. The van der Waals surface area contributed by atoms with E-state index in [9.17, 15) is 0 Å². The van der Waals surface area contributed by atoms with Crippen molar-refractivity contribution in [3.05, 3.63) is 0 Å². The normalized spacial score (nSPS) is 11.9. The molecule has 0 atom stereocenters. The molecule has 0 amide bonds. The highest BCUT2D eigenvalue weighted by atomic mass is 15.6. The fraction of sp³-hybridized carbons (Fsp3) is 0.889. The van der Waals surface area contributed by atoms with E-state index >= 15 is 0 Å². The van der Waals surface area contributed by atoms with E-state index in [0.717, 1.165) is 13.1 Å². The van der Waals surface area contributed by atoms with E-state index in [1.807, 2.05) is 0 Å². The van der Waals surface area contributed by atoms with Crippen molar-refractivity contribution in [1.82, 2.24) is 25.1 Å². The van der Waals surface area contributed by atoms with Gasteiger partial charge < -0.3 is 5.73 Å². The number of nitrogens with zero attached hydrogens (tertiary/aromatic N) is 5. The Bertz CT molecular complexity index is 285. The summed E-state index contributed by atoms with van der Waals surface area (Å²) >= 11 is 0. The van der Waals surface area contributed by atoms with Crippen molar-refractivity contribution in [3.63, 3.8) is 0 Å². The Balaban J connectivity index is 2.51. The zero-order valence-corrected chi connectivity index (χ0v) is 9.88. The predicted octanol–water partition coefficient (Wildman–Crippen LogP) is 0.374. The zero-order valence-electron chi connectivity index (χ0n) is 9.88. The van der Waals surface area contributed by atoms with Gasteiger partial charge in [0.1, 0.15) is 0 Å². The minimum absolute atomic E-state index is 0.377. The van der Waals surface area contributed by atoms with Gasteiger partial charge in [-0.25, -0.2) is 4.68 Å². The average molecular weight is 212 g/mol. The van der Waals surface area contributed by atoms with Gasteiger partial charge in [0.25, 0.3) is 0 Å². The van der Waals surface area contributed by atoms with Gasteiger partial charge in [-0.1, -0.05) is 5.10 Å². The zero-order chi connectivity index (χ0) is 11.4. The van der Waals surface area contributed by atoms with Gasteiger partial charge in [0.15, 0.2) is 0 Å². The highest BCUT2D eigenvalue weighted by Gasteiger charge is 2.13. The summed E-state index contributed by atoms with van der Waals surface area (Å²) in [4.78, 5) is 2.38. The maximum atomic E-state index is 5.59. The van der Waals surface area contributed by atoms with Gasteiger partial charge in [-0.3, -0.25) is 4.90 Å². The second-order valence-corrected chi connectivity index (χ2v) is 4.19. The van der Waals surface area contributed by atoms with Crippen LogP contribution >= 0.6 is 0 Å². The Kier molecular flexibility index (Phi) is 4.02. The van der Waals surface area contributed by atoms with Crippen LogP contribution in [0.25, 0.3) is 0 Å². The van der Waals surface area contributed by atoms with Crippen molar-refractivity contribution in [2.24, 2.45) is 0 Å². The topological polar surface area (TPSA) is 72.9 Å². The summed E-state index contributed by atoms with van der Waals surface area (Å²) in [5, 5.41) is 11.0. The SMILES string of the molecule is CC(C)N(CCn1nnnc1N)C(C)C. The van der Waals surface area contributed by atoms with Gasteiger partial charge in [0.2, 0.25) is 5.95 Å². The Morgan fingerprint density at radius 3 is 2.27 bits per heavy atom. The van der Waals surface area contributed by atoms with E-state index in [2.05, 4.69) is 48.1 Å². The minimum Gasteiger partial charge on any atom is -0.367 e. The van der Waals surface area contributed by atoms with Crippen molar-refractivity contribution >= 4 is 5.95 Å². The Morgan fingerprint density at radius 1 is 1.27 bits per heavy atom. The molecular weight excluding hydrogens is 192 g/mol. The fourth-order valence-corrected chi connectivity index (χ4v) is 1.69. The largest absolute Gasteiger partial charge is 0.367 e. The molecule has 0 radical (unpaired) electrons. The molecule has 0 aliphatic rings. The number of anilines is 1. The van der Waals surface area contributed by atoms with Crippen molar-refractivity contribution < 1.29 is 0 Å². The third-order valence-electron chi connectivity index (χ3n) is 2.46. The first kappa shape index (κ1) is 11.9. The molecule has 1 aromatic heterocycles. The third kappa shape index (κ3) is 3.16. The molecular formula is C9H20N6. The smallest absolute Gasteiger partial charge is 0.240 e. The number of hydrogen-bond donors (Lipinski definition) is 1. The highest BCUT2D eigenvalue weighted by molar-refractivity contribution is 5.09. The fourth-order valence-electron chi connectivity index (χ4n) is 1.69. The van der Waals surface area contributed by atoms with Crippen LogP contribution in [0.15, 0.2) is 0 Å². The lowest BCUT2D eigenvalue weighted by atomic mass is 10.2. The molecule has 0 aliphatic heterocycles.